The fraction of sp³-hybridized carbons (Fsp3) is 0.208. The lowest BCUT2D eigenvalue weighted by atomic mass is 10.1. The van der Waals surface area contributed by atoms with Gasteiger partial charge in [-0.2, -0.15) is 0 Å². The summed E-state index contributed by atoms with van der Waals surface area (Å²) in [7, 11) is -2.12. The number of nitrogens with zero attached hydrogens (tertiary/aromatic N) is 1. The highest BCUT2D eigenvalue weighted by molar-refractivity contribution is 7.92. The maximum atomic E-state index is 12.9. The van der Waals surface area contributed by atoms with Gasteiger partial charge in [0.25, 0.3) is 5.91 Å². The number of ether oxygens (including phenoxy) is 2. The molecule has 10 heteroatoms. The molecule has 1 N–H and O–H groups in total. The molecule has 0 aliphatic rings. The van der Waals surface area contributed by atoms with E-state index in [-0.39, 0.29) is 31.4 Å². The number of methoxy groups -OCH3 is 1. The van der Waals surface area contributed by atoms with Crippen molar-refractivity contribution in [3.8, 4) is 11.5 Å². The van der Waals surface area contributed by atoms with Crippen LogP contribution in [0.4, 0.5) is 10.1 Å². The molecule has 0 saturated carbocycles. The van der Waals surface area contributed by atoms with E-state index in [9.17, 15) is 17.6 Å². The standard InChI is InChI=1S/C24H24ClFN2O5S/c1-32-23-12-9-20(15-22(23)25)28(34(2,30)31)16-17-3-5-18(6-4-17)24(29)27-13-14-33-21-10-7-19(26)8-11-21/h3-12,15H,13-14,16H2,1-2H3,(H,27,29). The third-order valence-corrected chi connectivity index (χ3v) is 6.27. The van der Waals surface area contributed by atoms with Crippen LogP contribution in [0.5, 0.6) is 11.5 Å². The van der Waals surface area contributed by atoms with E-state index in [0.29, 0.717) is 33.3 Å². The summed E-state index contributed by atoms with van der Waals surface area (Å²) in [6.07, 6.45) is 1.11. The predicted octanol–water partition coefficient (Wildman–Crippen LogP) is 4.26. The SMILES string of the molecule is COc1ccc(N(Cc2ccc(C(=O)NCCOc3ccc(F)cc3)cc2)S(C)(=O)=O)cc1Cl. The summed E-state index contributed by atoms with van der Waals surface area (Å²) in [4.78, 5) is 12.4. The Hall–Kier alpha value is -3.30. The number of carbonyl (C=O) groups excluding carboxylic acids is 1. The zero-order valence-corrected chi connectivity index (χ0v) is 20.2. The largest absolute Gasteiger partial charge is 0.495 e. The molecule has 34 heavy (non-hydrogen) atoms. The number of halogens is 2. The maximum absolute atomic E-state index is 12.9. The Bertz CT molecular complexity index is 1240. The summed E-state index contributed by atoms with van der Waals surface area (Å²) in [6, 6.07) is 17.0. The Morgan fingerprint density at radius 1 is 1.06 bits per heavy atom. The van der Waals surface area contributed by atoms with E-state index >= 15 is 0 Å². The van der Waals surface area contributed by atoms with E-state index in [1.807, 2.05) is 0 Å². The molecule has 3 rings (SSSR count). The highest BCUT2D eigenvalue weighted by Crippen LogP contribution is 2.31. The van der Waals surface area contributed by atoms with Crippen LogP contribution >= 0.6 is 11.6 Å². The number of nitrogens with one attached hydrogen (secondary N) is 1. The predicted molar refractivity (Wildman–Crippen MR) is 130 cm³/mol. The van der Waals surface area contributed by atoms with Gasteiger partial charge in [-0.05, 0) is 60.2 Å². The van der Waals surface area contributed by atoms with Crippen molar-refractivity contribution in [2.75, 3.05) is 30.8 Å². The van der Waals surface area contributed by atoms with E-state index < -0.39 is 10.0 Å². The summed E-state index contributed by atoms with van der Waals surface area (Å²) in [6.45, 7) is 0.552. The van der Waals surface area contributed by atoms with Crippen LogP contribution in [0.3, 0.4) is 0 Å². The van der Waals surface area contributed by atoms with Gasteiger partial charge >= 0.3 is 0 Å². The maximum Gasteiger partial charge on any atom is 0.251 e. The fourth-order valence-corrected chi connectivity index (χ4v) is 4.24. The summed E-state index contributed by atoms with van der Waals surface area (Å²) < 4.78 is 49.5. The molecule has 0 aliphatic carbocycles. The molecule has 0 fully saturated rings. The third kappa shape index (κ3) is 6.85. The van der Waals surface area contributed by atoms with E-state index in [1.54, 1.807) is 36.4 Å². The topological polar surface area (TPSA) is 84.9 Å². The molecule has 0 bridgehead atoms. The molecule has 3 aromatic carbocycles. The lowest BCUT2D eigenvalue weighted by Crippen LogP contribution is -2.29. The molecule has 0 radical (unpaired) electrons. The average molecular weight is 507 g/mol. The van der Waals surface area contributed by atoms with E-state index in [0.717, 1.165) is 6.26 Å². The number of rotatable bonds is 10. The highest BCUT2D eigenvalue weighted by Gasteiger charge is 2.19. The monoisotopic (exact) mass is 506 g/mol. The normalized spacial score (nSPS) is 11.1. The van der Waals surface area contributed by atoms with Crippen LogP contribution in [0, 0.1) is 5.82 Å². The number of benzene rings is 3. The van der Waals surface area contributed by atoms with Gasteiger partial charge in [-0.3, -0.25) is 9.10 Å². The first kappa shape index (κ1) is 25.3. The first-order valence-corrected chi connectivity index (χ1v) is 12.5. The molecule has 3 aromatic rings. The zero-order valence-electron chi connectivity index (χ0n) is 18.6. The first-order chi connectivity index (χ1) is 16.2. The average Bonchev–Trinajstić information content (AvgIpc) is 2.81. The van der Waals surface area contributed by atoms with Crippen LogP contribution in [-0.2, 0) is 16.6 Å². The number of hydrogen-bond acceptors (Lipinski definition) is 5. The van der Waals surface area contributed by atoms with Crippen molar-refractivity contribution >= 4 is 33.2 Å². The van der Waals surface area contributed by atoms with Crippen molar-refractivity contribution in [1.82, 2.24) is 5.32 Å². The number of amides is 1. The molecule has 0 atom stereocenters. The number of carbonyl (C=O) groups is 1. The second-order valence-electron chi connectivity index (χ2n) is 7.34. The second-order valence-corrected chi connectivity index (χ2v) is 9.66. The molecular formula is C24H24ClFN2O5S. The number of hydrogen-bond donors (Lipinski definition) is 1. The molecule has 0 aromatic heterocycles. The molecule has 180 valence electrons. The van der Waals surface area contributed by atoms with Gasteiger partial charge in [0.05, 0.1) is 37.2 Å². The van der Waals surface area contributed by atoms with Gasteiger partial charge in [-0.25, -0.2) is 12.8 Å². The minimum Gasteiger partial charge on any atom is -0.495 e. The minimum atomic E-state index is -3.60. The molecule has 1 amide bonds. The van der Waals surface area contributed by atoms with Gasteiger partial charge in [0.1, 0.15) is 23.9 Å². The van der Waals surface area contributed by atoms with Crippen molar-refractivity contribution in [3.05, 3.63) is 88.7 Å². The quantitative estimate of drug-likeness (QED) is 0.415. The molecule has 0 unspecified atom stereocenters. The molecular weight excluding hydrogens is 483 g/mol. The van der Waals surface area contributed by atoms with Gasteiger partial charge in [0.2, 0.25) is 10.0 Å². The Morgan fingerprint density at radius 2 is 1.74 bits per heavy atom. The summed E-state index contributed by atoms with van der Waals surface area (Å²) in [5.74, 6) is 0.304. The zero-order chi connectivity index (χ0) is 24.7. The lowest BCUT2D eigenvalue weighted by Gasteiger charge is -2.23. The molecule has 0 heterocycles. The van der Waals surface area contributed by atoms with Crippen molar-refractivity contribution < 1.29 is 27.1 Å². The van der Waals surface area contributed by atoms with Crippen molar-refractivity contribution in [2.45, 2.75) is 6.54 Å². The second kappa shape index (κ2) is 11.2. The Kier molecular flexibility index (Phi) is 8.36. The molecule has 7 nitrogen and oxygen atoms in total. The van der Waals surface area contributed by atoms with Crippen molar-refractivity contribution in [1.29, 1.82) is 0 Å². The summed E-state index contributed by atoms with van der Waals surface area (Å²) >= 11 is 6.16. The first-order valence-electron chi connectivity index (χ1n) is 10.2. The van der Waals surface area contributed by atoms with Crippen LogP contribution in [0.2, 0.25) is 5.02 Å². The number of sulfonamides is 1. The van der Waals surface area contributed by atoms with Gasteiger partial charge < -0.3 is 14.8 Å². The van der Waals surface area contributed by atoms with Gasteiger partial charge in [0.15, 0.2) is 0 Å². The van der Waals surface area contributed by atoms with Crippen LogP contribution < -0.4 is 19.1 Å². The van der Waals surface area contributed by atoms with E-state index in [4.69, 9.17) is 21.1 Å². The third-order valence-electron chi connectivity index (χ3n) is 4.84. The molecule has 0 aliphatic heterocycles. The Balaban J connectivity index is 1.60. The van der Waals surface area contributed by atoms with Crippen LogP contribution in [0.25, 0.3) is 0 Å². The van der Waals surface area contributed by atoms with Crippen LogP contribution in [0.15, 0.2) is 66.7 Å². The number of anilines is 1. The summed E-state index contributed by atoms with van der Waals surface area (Å²) in [5.41, 5.74) is 1.51. The molecule has 0 spiro atoms. The summed E-state index contributed by atoms with van der Waals surface area (Å²) in [5, 5.41) is 3.03. The van der Waals surface area contributed by atoms with E-state index in [2.05, 4.69) is 5.32 Å². The van der Waals surface area contributed by atoms with Gasteiger partial charge in [-0.15, -0.1) is 0 Å². The van der Waals surface area contributed by atoms with Crippen molar-refractivity contribution in [3.63, 3.8) is 0 Å². The van der Waals surface area contributed by atoms with Crippen molar-refractivity contribution in [2.24, 2.45) is 0 Å². The highest BCUT2D eigenvalue weighted by atomic mass is 35.5. The van der Waals surface area contributed by atoms with Crippen LogP contribution in [0.1, 0.15) is 15.9 Å². The smallest absolute Gasteiger partial charge is 0.251 e. The van der Waals surface area contributed by atoms with Gasteiger partial charge in [-0.1, -0.05) is 23.7 Å². The Morgan fingerprint density at radius 3 is 2.32 bits per heavy atom. The van der Waals surface area contributed by atoms with Gasteiger partial charge in [0, 0.05) is 5.56 Å². The lowest BCUT2D eigenvalue weighted by molar-refractivity contribution is 0.0947. The van der Waals surface area contributed by atoms with Crippen LogP contribution in [-0.4, -0.2) is 40.8 Å². The fourth-order valence-electron chi connectivity index (χ4n) is 3.10. The molecule has 0 saturated heterocycles. The minimum absolute atomic E-state index is 0.0644. The van der Waals surface area contributed by atoms with E-state index in [1.165, 1.54) is 41.7 Å². The Labute approximate surface area is 203 Å².